The lowest BCUT2D eigenvalue weighted by molar-refractivity contribution is 0.684. The molecule has 0 saturated heterocycles. The number of hydrogen-bond acceptors (Lipinski definition) is 4. The van der Waals surface area contributed by atoms with Crippen molar-refractivity contribution in [1.82, 2.24) is 15.2 Å². The maximum absolute atomic E-state index is 11.6. The Morgan fingerprint density at radius 2 is 1.69 bits per heavy atom. The molecule has 0 bridgehead atoms. The van der Waals surface area contributed by atoms with Gasteiger partial charge in [0.1, 0.15) is 16.7 Å². The molecule has 0 saturated carbocycles. The van der Waals surface area contributed by atoms with Crippen LogP contribution in [0.2, 0.25) is 0 Å². The second kappa shape index (κ2) is 7.80. The molecule has 2 aromatic heterocycles. The van der Waals surface area contributed by atoms with Gasteiger partial charge in [-0.25, -0.2) is 9.35 Å². The maximum atomic E-state index is 11.6. The number of aryl methyl sites for hydroxylation is 1. The molecule has 2 aromatic carbocycles. The van der Waals surface area contributed by atoms with Gasteiger partial charge in [0.2, 0.25) is 0 Å². The Morgan fingerprint density at radius 3 is 2.34 bits per heavy atom. The second-order valence-electron chi connectivity index (χ2n) is 6.50. The van der Waals surface area contributed by atoms with Crippen molar-refractivity contribution in [2.24, 2.45) is 5.14 Å². The third-order valence-electron chi connectivity index (χ3n) is 4.73. The van der Waals surface area contributed by atoms with E-state index in [4.69, 9.17) is 5.14 Å². The number of nitriles is 1. The molecule has 6 nitrogen and oxygen atoms in total. The third-order valence-corrected chi connectivity index (χ3v) is 5.45. The SMILES string of the molecule is Cc1[nH]nc(-c2ccncc2)c1-c1ccc(-c2cc(S(N)=O)ccc2C#N)cc1. The Morgan fingerprint density at radius 1 is 1.00 bits per heavy atom. The number of nitrogens with two attached hydrogens (primary N) is 1. The van der Waals surface area contributed by atoms with Crippen LogP contribution in [0.15, 0.2) is 71.9 Å². The van der Waals surface area contributed by atoms with Crippen molar-refractivity contribution < 1.29 is 4.21 Å². The molecule has 4 aromatic rings. The lowest BCUT2D eigenvalue weighted by atomic mass is 9.95. The first kappa shape index (κ1) is 18.7. The number of hydrogen-bond donors (Lipinski definition) is 2. The molecule has 2 heterocycles. The van der Waals surface area contributed by atoms with Crippen molar-refractivity contribution >= 4 is 11.0 Å². The topological polar surface area (TPSA) is 108 Å². The van der Waals surface area contributed by atoms with Crippen LogP contribution in [0.4, 0.5) is 0 Å². The molecule has 0 spiro atoms. The minimum Gasteiger partial charge on any atom is -0.282 e. The smallest absolute Gasteiger partial charge is 0.122 e. The van der Waals surface area contributed by atoms with Crippen LogP contribution in [0.1, 0.15) is 11.3 Å². The fourth-order valence-corrected chi connectivity index (χ4v) is 3.74. The molecule has 7 heteroatoms. The van der Waals surface area contributed by atoms with Gasteiger partial charge in [0.15, 0.2) is 0 Å². The second-order valence-corrected chi connectivity index (χ2v) is 7.57. The molecule has 0 aliphatic rings. The van der Waals surface area contributed by atoms with Gasteiger partial charge in [-0.1, -0.05) is 24.3 Å². The average molecular weight is 399 g/mol. The summed E-state index contributed by atoms with van der Waals surface area (Å²) in [6.45, 7) is 1.98. The van der Waals surface area contributed by atoms with Gasteiger partial charge in [-0.15, -0.1) is 0 Å². The Hall–Kier alpha value is -3.60. The third kappa shape index (κ3) is 3.59. The first-order valence-corrected chi connectivity index (χ1v) is 10.1. The van der Waals surface area contributed by atoms with Crippen LogP contribution in [-0.2, 0) is 11.0 Å². The summed E-state index contributed by atoms with van der Waals surface area (Å²) < 4.78 is 11.6. The zero-order chi connectivity index (χ0) is 20.4. The molecule has 142 valence electrons. The standard InChI is InChI=1S/C22H17N5OS/c1-14-21(22(27-26-14)17-8-10-25-11-9-17)16-4-2-15(3-5-16)20-12-19(29(24)28)7-6-18(20)13-23/h2-12H,24H2,1H3,(H,26,27). The predicted molar refractivity (Wildman–Crippen MR) is 113 cm³/mol. The van der Waals surface area contributed by atoms with E-state index < -0.39 is 11.0 Å². The Kier molecular flexibility index (Phi) is 5.04. The van der Waals surface area contributed by atoms with Gasteiger partial charge >= 0.3 is 0 Å². The molecule has 0 radical (unpaired) electrons. The number of aromatic nitrogens is 3. The minimum absolute atomic E-state index is 0.480. The van der Waals surface area contributed by atoms with Crippen LogP contribution < -0.4 is 5.14 Å². The molecule has 0 aliphatic heterocycles. The molecule has 3 N–H and O–H groups in total. The van der Waals surface area contributed by atoms with Crippen LogP contribution >= 0.6 is 0 Å². The number of nitrogens with one attached hydrogen (secondary N) is 1. The summed E-state index contributed by atoms with van der Waals surface area (Å²) in [5.74, 6) is 0. The van der Waals surface area contributed by atoms with Crippen LogP contribution in [0.3, 0.4) is 0 Å². The Bertz CT molecular complexity index is 1240. The molecule has 4 rings (SSSR count). The van der Waals surface area contributed by atoms with Crippen molar-refractivity contribution in [3.8, 4) is 39.6 Å². The first-order valence-electron chi connectivity index (χ1n) is 8.85. The Balaban J connectivity index is 1.78. The van der Waals surface area contributed by atoms with Crippen molar-refractivity contribution in [3.63, 3.8) is 0 Å². The fourth-order valence-electron chi connectivity index (χ4n) is 3.30. The lowest BCUT2D eigenvalue weighted by Gasteiger charge is -2.09. The van der Waals surface area contributed by atoms with Gasteiger partial charge in [0.25, 0.3) is 0 Å². The predicted octanol–water partition coefficient (Wildman–Crippen LogP) is 3.97. The summed E-state index contributed by atoms with van der Waals surface area (Å²) in [6.07, 6.45) is 3.48. The summed E-state index contributed by atoms with van der Waals surface area (Å²) in [5, 5.41) is 22.5. The summed E-state index contributed by atoms with van der Waals surface area (Å²) in [4.78, 5) is 4.55. The van der Waals surface area contributed by atoms with Crippen LogP contribution in [-0.4, -0.2) is 19.4 Å². The van der Waals surface area contributed by atoms with E-state index in [-0.39, 0.29) is 0 Å². The number of pyridine rings is 1. The number of rotatable bonds is 4. The summed E-state index contributed by atoms with van der Waals surface area (Å²) >= 11 is 0. The summed E-state index contributed by atoms with van der Waals surface area (Å²) in [6, 6.07) is 18.9. The monoisotopic (exact) mass is 399 g/mol. The largest absolute Gasteiger partial charge is 0.282 e. The van der Waals surface area contributed by atoms with Crippen LogP contribution in [0.25, 0.3) is 33.5 Å². The fraction of sp³-hybridized carbons (Fsp3) is 0.0455. The van der Waals surface area contributed by atoms with Gasteiger partial charge in [-0.2, -0.15) is 10.4 Å². The summed E-state index contributed by atoms with van der Waals surface area (Å²) in [5.41, 5.74) is 6.87. The molecule has 29 heavy (non-hydrogen) atoms. The summed E-state index contributed by atoms with van der Waals surface area (Å²) in [7, 11) is -1.61. The zero-order valence-corrected chi connectivity index (χ0v) is 16.4. The van der Waals surface area contributed by atoms with Crippen molar-refractivity contribution in [1.29, 1.82) is 5.26 Å². The molecule has 1 atom stereocenters. The number of benzene rings is 2. The van der Waals surface area contributed by atoms with E-state index in [0.29, 0.717) is 16.0 Å². The first-order chi connectivity index (χ1) is 14.1. The molecule has 0 aliphatic carbocycles. The maximum Gasteiger partial charge on any atom is 0.122 e. The lowest BCUT2D eigenvalue weighted by Crippen LogP contribution is -2.03. The van der Waals surface area contributed by atoms with Crippen molar-refractivity contribution in [2.75, 3.05) is 0 Å². The van der Waals surface area contributed by atoms with E-state index >= 15 is 0 Å². The van der Waals surface area contributed by atoms with Gasteiger partial charge in [-0.3, -0.25) is 10.1 Å². The quantitative estimate of drug-likeness (QED) is 0.541. The van der Waals surface area contributed by atoms with Gasteiger partial charge in [0, 0.05) is 34.8 Å². The highest BCUT2D eigenvalue weighted by Crippen LogP contribution is 2.34. The minimum atomic E-state index is -1.61. The highest BCUT2D eigenvalue weighted by Gasteiger charge is 2.15. The number of H-pyrrole nitrogens is 1. The van der Waals surface area contributed by atoms with Gasteiger partial charge < -0.3 is 0 Å². The van der Waals surface area contributed by atoms with E-state index in [1.165, 1.54) is 0 Å². The zero-order valence-electron chi connectivity index (χ0n) is 15.6. The van der Waals surface area contributed by atoms with Crippen molar-refractivity contribution in [2.45, 2.75) is 11.8 Å². The molecule has 0 amide bonds. The van der Waals surface area contributed by atoms with Gasteiger partial charge in [-0.05, 0) is 48.4 Å². The molecule has 1 unspecified atom stereocenters. The van der Waals surface area contributed by atoms with Gasteiger partial charge in [0.05, 0.1) is 16.5 Å². The van der Waals surface area contributed by atoms with E-state index in [1.807, 2.05) is 43.3 Å². The van der Waals surface area contributed by atoms with E-state index in [1.54, 1.807) is 30.6 Å². The molecule has 0 fully saturated rings. The number of nitrogens with zero attached hydrogens (tertiary/aromatic N) is 3. The highest BCUT2D eigenvalue weighted by molar-refractivity contribution is 7.82. The van der Waals surface area contributed by atoms with E-state index in [9.17, 15) is 9.47 Å². The normalized spacial score (nSPS) is 11.8. The molecular formula is C22H17N5OS. The number of aromatic amines is 1. The van der Waals surface area contributed by atoms with Crippen molar-refractivity contribution in [3.05, 3.63) is 78.2 Å². The Labute approximate surface area is 170 Å². The average Bonchev–Trinajstić information content (AvgIpc) is 3.15. The highest BCUT2D eigenvalue weighted by atomic mass is 32.2. The molecular weight excluding hydrogens is 382 g/mol. The van der Waals surface area contributed by atoms with Crippen LogP contribution in [0.5, 0.6) is 0 Å². The van der Waals surface area contributed by atoms with Crippen LogP contribution in [0, 0.1) is 18.3 Å². The van der Waals surface area contributed by atoms with E-state index in [0.717, 1.165) is 33.6 Å². The van der Waals surface area contributed by atoms with E-state index in [2.05, 4.69) is 21.3 Å².